The molecule has 8 nitrogen and oxygen atoms in total. The van der Waals surface area contributed by atoms with Crippen LogP contribution in [0.4, 0.5) is 5.69 Å². The number of benzene rings is 2. The first-order valence-corrected chi connectivity index (χ1v) is 11.2. The second kappa shape index (κ2) is 8.32. The minimum Gasteiger partial charge on any atom is -0.495 e. The number of rotatable bonds is 5. The third-order valence-electron chi connectivity index (χ3n) is 4.81. The fourth-order valence-electron chi connectivity index (χ4n) is 3.58. The van der Waals surface area contributed by atoms with E-state index in [0.717, 1.165) is 5.56 Å². The number of carbonyl (C=O) groups excluding carboxylic acids is 2. The highest BCUT2D eigenvalue weighted by Gasteiger charge is 2.39. The number of hydrogen-bond donors (Lipinski definition) is 1. The molecular weight excluding hydrogens is 420 g/mol. The van der Waals surface area contributed by atoms with E-state index in [2.05, 4.69) is 4.72 Å². The fraction of sp³-hybridized carbons (Fsp3) is 0.364. The van der Waals surface area contributed by atoms with Crippen LogP contribution in [0.2, 0.25) is 0 Å². The fourth-order valence-corrected chi connectivity index (χ4v) is 5.19. The molecule has 1 unspecified atom stereocenters. The number of hydrogen-bond acceptors (Lipinski definition) is 6. The topological polar surface area (TPSA) is 102 Å². The highest BCUT2D eigenvalue weighted by molar-refractivity contribution is 7.89. The molecule has 0 aromatic heterocycles. The Kier molecular flexibility index (Phi) is 6.11. The minimum absolute atomic E-state index is 0.111. The van der Waals surface area contributed by atoms with Crippen LogP contribution in [0.3, 0.4) is 0 Å². The van der Waals surface area contributed by atoms with Crippen LogP contribution in [0.1, 0.15) is 36.7 Å². The van der Waals surface area contributed by atoms with Gasteiger partial charge in [-0.3, -0.25) is 9.69 Å². The number of anilines is 1. The molecule has 3 rings (SSSR count). The van der Waals surface area contributed by atoms with Gasteiger partial charge in [-0.15, -0.1) is 0 Å². The second-order valence-electron chi connectivity index (χ2n) is 8.27. The number of nitrogens with zero attached hydrogens (tertiary/aromatic N) is 1. The molecule has 0 fully saturated rings. The van der Waals surface area contributed by atoms with Crippen LogP contribution in [-0.4, -0.2) is 46.1 Å². The van der Waals surface area contributed by atoms with Gasteiger partial charge >= 0.3 is 5.97 Å². The van der Waals surface area contributed by atoms with Gasteiger partial charge in [0, 0.05) is 23.2 Å². The monoisotopic (exact) mass is 446 g/mol. The molecule has 0 aliphatic carbocycles. The second-order valence-corrected chi connectivity index (χ2v) is 9.92. The maximum Gasteiger partial charge on any atom is 0.329 e. The predicted octanol–water partition coefficient (Wildman–Crippen LogP) is 2.52. The molecule has 0 radical (unpaired) electrons. The van der Waals surface area contributed by atoms with Gasteiger partial charge in [-0.25, -0.2) is 17.9 Å². The number of nitrogens with one attached hydrogen (secondary N) is 1. The van der Waals surface area contributed by atoms with Gasteiger partial charge < -0.3 is 9.47 Å². The van der Waals surface area contributed by atoms with Crippen molar-refractivity contribution >= 4 is 27.6 Å². The third kappa shape index (κ3) is 4.57. The summed E-state index contributed by atoms with van der Waals surface area (Å²) in [5, 5.41) is 0. The smallest absolute Gasteiger partial charge is 0.329 e. The largest absolute Gasteiger partial charge is 0.495 e. The van der Waals surface area contributed by atoms with Gasteiger partial charge in [0.05, 0.1) is 14.2 Å². The van der Waals surface area contributed by atoms with Crippen molar-refractivity contribution in [3.8, 4) is 5.75 Å². The predicted molar refractivity (Wildman–Crippen MR) is 116 cm³/mol. The molecule has 166 valence electrons. The van der Waals surface area contributed by atoms with Crippen molar-refractivity contribution in [3.63, 3.8) is 0 Å². The highest BCUT2D eigenvalue weighted by Crippen LogP contribution is 2.35. The van der Waals surface area contributed by atoms with Crippen molar-refractivity contribution in [2.45, 2.75) is 43.7 Å². The molecule has 1 N–H and O–H groups in total. The number of fused-ring (bicyclic) bond motifs is 1. The van der Waals surface area contributed by atoms with Crippen LogP contribution in [-0.2, 0) is 26.0 Å². The Balaban J connectivity index is 2.08. The first kappa shape index (κ1) is 22.8. The lowest BCUT2D eigenvalue weighted by Crippen LogP contribution is -2.43. The van der Waals surface area contributed by atoms with Crippen molar-refractivity contribution in [2.24, 2.45) is 0 Å². The summed E-state index contributed by atoms with van der Waals surface area (Å²) in [7, 11) is -1.35. The molecule has 1 atom stereocenters. The van der Waals surface area contributed by atoms with Crippen LogP contribution in [0.15, 0.2) is 47.4 Å². The molecule has 1 aliphatic rings. The van der Waals surface area contributed by atoms with E-state index in [9.17, 15) is 18.0 Å². The zero-order valence-electron chi connectivity index (χ0n) is 18.1. The van der Waals surface area contributed by atoms with Crippen LogP contribution in [0, 0.1) is 0 Å². The van der Waals surface area contributed by atoms with E-state index < -0.39 is 33.5 Å². The number of para-hydroxylation sites is 1. The summed E-state index contributed by atoms with van der Waals surface area (Å²) in [6.07, 6.45) is 0.321. The summed E-state index contributed by atoms with van der Waals surface area (Å²) in [6.45, 7) is 5.15. The van der Waals surface area contributed by atoms with Gasteiger partial charge in [-0.1, -0.05) is 18.2 Å². The van der Waals surface area contributed by atoms with Gasteiger partial charge in [0.15, 0.2) is 0 Å². The van der Waals surface area contributed by atoms with E-state index in [1.807, 2.05) is 12.1 Å². The van der Waals surface area contributed by atoms with Crippen LogP contribution in [0.5, 0.6) is 5.75 Å². The first-order valence-electron chi connectivity index (χ1n) is 9.70. The molecule has 1 amide bonds. The Morgan fingerprint density at radius 2 is 1.77 bits per heavy atom. The Morgan fingerprint density at radius 3 is 2.39 bits per heavy atom. The van der Waals surface area contributed by atoms with Gasteiger partial charge in [-0.05, 0) is 50.6 Å². The average Bonchev–Trinajstić information content (AvgIpc) is 3.10. The number of esters is 1. The van der Waals surface area contributed by atoms with Crippen molar-refractivity contribution in [2.75, 3.05) is 19.1 Å². The molecule has 0 saturated heterocycles. The highest BCUT2D eigenvalue weighted by atomic mass is 32.2. The van der Waals surface area contributed by atoms with Crippen molar-refractivity contribution in [1.29, 1.82) is 0 Å². The summed E-state index contributed by atoms with van der Waals surface area (Å²) in [5.74, 6) is -0.935. The third-order valence-corrected chi connectivity index (χ3v) is 6.59. The Morgan fingerprint density at radius 1 is 1.10 bits per heavy atom. The molecule has 2 aromatic rings. The lowest BCUT2D eigenvalue weighted by Gasteiger charge is -2.25. The minimum atomic E-state index is -3.97. The average molecular weight is 447 g/mol. The molecule has 0 saturated carbocycles. The standard InChI is InChI=1S/C22H26N2O6S/c1-22(2,3)23-31(27,28)19-13-15(10-11-18(19)29-4)20(25)24-16-9-7-6-8-14(16)12-17(24)21(26)30-5/h6-11,13,17,23H,12H2,1-5H3. The maximum atomic E-state index is 13.5. The lowest BCUT2D eigenvalue weighted by atomic mass is 10.1. The lowest BCUT2D eigenvalue weighted by molar-refractivity contribution is -0.141. The number of methoxy groups -OCH3 is 2. The molecule has 31 heavy (non-hydrogen) atoms. The van der Waals surface area contributed by atoms with Crippen molar-refractivity contribution < 1.29 is 27.5 Å². The number of sulfonamides is 1. The molecule has 1 heterocycles. The maximum absolute atomic E-state index is 13.5. The van der Waals surface area contributed by atoms with Gasteiger partial charge in [0.1, 0.15) is 16.7 Å². The molecular formula is C22H26N2O6S. The molecule has 9 heteroatoms. The zero-order chi connectivity index (χ0) is 23.0. The molecule has 0 bridgehead atoms. The van der Waals surface area contributed by atoms with Crippen LogP contribution < -0.4 is 14.4 Å². The van der Waals surface area contributed by atoms with E-state index in [1.165, 1.54) is 37.3 Å². The summed E-state index contributed by atoms with van der Waals surface area (Å²) in [6, 6.07) is 10.5. The zero-order valence-corrected chi connectivity index (χ0v) is 18.9. The Labute approximate surface area is 182 Å². The van der Waals surface area contributed by atoms with E-state index in [0.29, 0.717) is 12.1 Å². The first-order chi connectivity index (χ1) is 14.5. The number of carbonyl (C=O) groups is 2. The van der Waals surface area contributed by atoms with E-state index in [-0.39, 0.29) is 16.2 Å². The molecule has 1 aliphatic heterocycles. The number of ether oxygens (including phenoxy) is 2. The van der Waals surface area contributed by atoms with E-state index in [1.54, 1.807) is 32.9 Å². The summed E-state index contributed by atoms with van der Waals surface area (Å²) in [5.41, 5.74) is 0.812. The summed E-state index contributed by atoms with van der Waals surface area (Å²) in [4.78, 5) is 27.0. The Bertz CT molecular complexity index is 1120. The van der Waals surface area contributed by atoms with Crippen LogP contribution >= 0.6 is 0 Å². The van der Waals surface area contributed by atoms with E-state index in [4.69, 9.17) is 9.47 Å². The SMILES string of the molecule is COC(=O)C1Cc2ccccc2N1C(=O)c1ccc(OC)c(S(=O)(=O)NC(C)(C)C)c1. The quantitative estimate of drug-likeness (QED) is 0.708. The van der Waals surface area contributed by atoms with Gasteiger partial charge in [0.25, 0.3) is 5.91 Å². The van der Waals surface area contributed by atoms with Crippen molar-refractivity contribution in [3.05, 3.63) is 53.6 Å². The molecule has 2 aromatic carbocycles. The van der Waals surface area contributed by atoms with Gasteiger partial charge in [-0.2, -0.15) is 0 Å². The number of amides is 1. The normalized spacial score (nSPS) is 16.0. The Hall–Kier alpha value is -2.91. The van der Waals surface area contributed by atoms with Crippen LogP contribution in [0.25, 0.3) is 0 Å². The van der Waals surface area contributed by atoms with E-state index >= 15 is 0 Å². The summed E-state index contributed by atoms with van der Waals surface area (Å²) >= 11 is 0. The van der Waals surface area contributed by atoms with Crippen molar-refractivity contribution in [1.82, 2.24) is 4.72 Å². The van der Waals surface area contributed by atoms with Gasteiger partial charge in [0.2, 0.25) is 10.0 Å². The summed E-state index contributed by atoms with van der Waals surface area (Å²) < 4.78 is 38.6. The molecule has 0 spiro atoms.